The van der Waals surface area contributed by atoms with Gasteiger partial charge in [-0.2, -0.15) is 8.82 Å². The smallest absolute Gasteiger partial charge is 0.211 e. The fourth-order valence-corrected chi connectivity index (χ4v) is 3.23. The zero-order valence-corrected chi connectivity index (χ0v) is 14.9. The first kappa shape index (κ1) is 16.1. The highest BCUT2D eigenvalue weighted by Gasteiger charge is 2.35. The topological polar surface area (TPSA) is 83.7 Å². The molecule has 9 heteroatoms. The third-order valence-electron chi connectivity index (χ3n) is 4.14. The molecule has 0 radical (unpaired) electrons. The zero-order valence-electron chi connectivity index (χ0n) is 14.1. The van der Waals surface area contributed by atoms with Crippen molar-refractivity contribution in [3.63, 3.8) is 0 Å². The van der Waals surface area contributed by atoms with Crippen LogP contribution in [0.15, 0.2) is 12.1 Å². The first-order chi connectivity index (χ1) is 10.6. The maximum Gasteiger partial charge on any atom is 0.211 e. The van der Waals surface area contributed by atoms with Crippen LogP contribution in [0, 0.1) is 0 Å². The van der Waals surface area contributed by atoms with Crippen LogP contribution >= 0.6 is 0 Å². The minimum atomic E-state index is -3.16. The SMILES string of the molecule is CN(C1CN(c2ccc3nnc(C(C)(C)C)n3n2)C1)S(C)(=O)=O. The van der Waals surface area contributed by atoms with Gasteiger partial charge in [0.05, 0.1) is 12.3 Å². The molecule has 0 aromatic carbocycles. The molecule has 0 atom stereocenters. The number of likely N-dealkylation sites (N-methyl/N-ethyl adjacent to an activating group) is 1. The molecule has 2 aromatic rings. The van der Waals surface area contributed by atoms with Crippen molar-refractivity contribution in [1.82, 2.24) is 24.1 Å². The zero-order chi connectivity index (χ0) is 17.0. The molecule has 0 bridgehead atoms. The van der Waals surface area contributed by atoms with Crippen molar-refractivity contribution in [3.8, 4) is 0 Å². The standard InChI is InChI=1S/C14H22N6O2S/c1-14(2,3)13-16-15-11-6-7-12(17-20(11)13)19-8-10(9-19)18(4)23(5,21)22/h6-7,10H,8-9H2,1-5H3. The average Bonchev–Trinajstić information content (AvgIpc) is 2.78. The van der Waals surface area contributed by atoms with E-state index in [0.29, 0.717) is 18.7 Å². The number of hydrogen-bond donors (Lipinski definition) is 0. The summed E-state index contributed by atoms with van der Waals surface area (Å²) in [6.07, 6.45) is 1.23. The quantitative estimate of drug-likeness (QED) is 0.810. The number of aromatic nitrogens is 4. The van der Waals surface area contributed by atoms with E-state index in [4.69, 9.17) is 0 Å². The fourth-order valence-electron chi connectivity index (χ4n) is 2.56. The molecule has 3 heterocycles. The molecule has 0 spiro atoms. The summed E-state index contributed by atoms with van der Waals surface area (Å²) in [6.45, 7) is 7.47. The van der Waals surface area contributed by atoms with E-state index in [2.05, 4.69) is 41.0 Å². The molecule has 1 fully saturated rings. The van der Waals surface area contributed by atoms with Crippen molar-refractivity contribution in [3.05, 3.63) is 18.0 Å². The van der Waals surface area contributed by atoms with E-state index < -0.39 is 10.0 Å². The molecule has 1 saturated heterocycles. The van der Waals surface area contributed by atoms with Gasteiger partial charge in [0.15, 0.2) is 11.5 Å². The molecule has 126 valence electrons. The Labute approximate surface area is 136 Å². The number of sulfonamides is 1. The summed E-state index contributed by atoms with van der Waals surface area (Å²) >= 11 is 0. The Hall–Kier alpha value is -1.74. The van der Waals surface area contributed by atoms with Gasteiger partial charge in [0.1, 0.15) is 5.82 Å². The van der Waals surface area contributed by atoms with Gasteiger partial charge in [-0.25, -0.2) is 8.42 Å². The second-order valence-electron chi connectivity index (χ2n) is 7.07. The molecule has 2 aromatic heterocycles. The van der Waals surface area contributed by atoms with Crippen LogP contribution in [-0.4, -0.2) is 65.0 Å². The molecular formula is C14H22N6O2S. The molecule has 0 amide bonds. The van der Waals surface area contributed by atoms with Gasteiger partial charge in [-0.1, -0.05) is 20.8 Å². The molecule has 0 saturated carbocycles. The maximum atomic E-state index is 11.6. The Bertz CT molecular complexity index is 833. The number of nitrogens with zero attached hydrogens (tertiary/aromatic N) is 6. The first-order valence-corrected chi connectivity index (χ1v) is 9.33. The van der Waals surface area contributed by atoms with E-state index in [1.807, 2.05) is 12.1 Å². The number of fused-ring (bicyclic) bond motifs is 1. The summed E-state index contributed by atoms with van der Waals surface area (Å²) in [4.78, 5) is 2.05. The van der Waals surface area contributed by atoms with Gasteiger partial charge in [-0.15, -0.1) is 15.3 Å². The van der Waals surface area contributed by atoms with Crippen molar-refractivity contribution in [2.45, 2.75) is 32.2 Å². The fraction of sp³-hybridized carbons (Fsp3) is 0.643. The second-order valence-corrected chi connectivity index (χ2v) is 9.12. The lowest BCUT2D eigenvalue weighted by Gasteiger charge is -2.43. The average molecular weight is 338 g/mol. The normalized spacial score (nSPS) is 17.0. The predicted octanol–water partition coefficient (Wildman–Crippen LogP) is 0.502. The Kier molecular flexibility index (Phi) is 3.60. The van der Waals surface area contributed by atoms with Crippen molar-refractivity contribution in [2.75, 3.05) is 31.3 Å². The highest BCUT2D eigenvalue weighted by Crippen LogP contribution is 2.25. The summed E-state index contributed by atoms with van der Waals surface area (Å²) in [5, 5.41) is 13.0. The third kappa shape index (κ3) is 2.90. The Morgan fingerprint density at radius 3 is 2.43 bits per heavy atom. The maximum absolute atomic E-state index is 11.6. The lowest BCUT2D eigenvalue weighted by atomic mass is 9.96. The third-order valence-corrected chi connectivity index (χ3v) is 5.49. The molecule has 0 N–H and O–H groups in total. The minimum absolute atomic E-state index is 0.00880. The molecule has 8 nitrogen and oxygen atoms in total. The number of hydrogen-bond acceptors (Lipinski definition) is 6. The van der Waals surface area contributed by atoms with Crippen LogP contribution in [0.25, 0.3) is 5.65 Å². The van der Waals surface area contributed by atoms with Crippen LogP contribution in [0.5, 0.6) is 0 Å². The monoisotopic (exact) mass is 338 g/mol. The van der Waals surface area contributed by atoms with Crippen LogP contribution < -0.4 is 4.90 Å². The Balaban J connectivity index is 1.83. The number of anilines is 1. The van der Waals surface area contributed by atoms with Crippen LogP contribution in [0.2, 0.25) is 0 Å². The van der Waals surface area contributed by atoms with Crippen molar-refractivity contribution < 1.29 is 8.42 Å². The van der Waals surface area contributed by atoms with Crippen LogP contribution in [0.1, 0.15) is 26.6 Å². The highest BCUT2D eigenvalue weighted by molar-refractivity contribution is 7.88. The lowest BCUT2D eigenvalue weighted by molar-refractivity contribution is 0.310. The lowest BCUT2D eigenvalue weighted by Crippen LogP contribution is -2.59. The van der Waals surface area contributed by atoms with Crippen LogP contribution in [0.4, 0.5) is 5.82 Å². The van der Waals surface area contributed by atoms with Crippen molar-refractivity contribution in [1.29, 1.82) is 0 Å². The summed E-state index contributed by atoms with van der Waals surface area (Å²) in [5.41, 5.74) is 0.558. The first-order valence-electron chi connectivity index (χ1n) is 7.48. The van der Waals surface area contributed by atoms with E-state index in [9.17, 15) is 8.42 Å². The molecule has 23 heavy (non-hydrogen) atoms. The van der Waals surface area contributed by atoms with E-state index >= 15 is 0 Å². The van der Waals surface area contributed by atoms with Gasteiger partial charge in [0, 0.05) is 25.6 Å². The molecule has 0 unspecified atom stereocenters. The summed E-state index contributed by atoms with van der Waals surface area (Å²) < 4.78 is 26.3. The Morgan fingerprint density at radius 2 is 1.87 bits per heavy atom. The highest BCUT2D eigenvalue weighted by atomic mass is 32.2. The molecule has 3 rings (SSSR count). The van der Waals surface area contributed by atoms with Crippen LogP contribution in [-0.2, 0) is 15.4 Å². The van der Waals surface area contributed by atoms with Gasteiger partial charge in [-0.05, 0) is 12.1 Å². The van der Waals surface area contributed by atoms with Crippen molar-refractivity contribution in [2.24, 2.45) is 0 Å². The summed E-state index contributed by atoms with van der Waals surface area (Å²) in [6, 6.07) is 3.77. The summed E-state index contributed by atoms with van der Waals surface area (Å²) in [5.74, 6) is 1.61. The van der Waals surface area contributed by atoms with Gasteiger partial charge < -0.3 is 4.90 Å². The van der Waals surface area contributed by atoms with Gasteiger partial charge >= 0.3 is 0 Å². The molecule has 1 aliphatic rings. The summed E-state index contributed by atoms with van der Waals surface area (Å²) in [7, 11) is -1.54. The van der Waals surface area contributed by atoms with E-state index in [1.54, 1.807) is 11.6 Å². The van der Waals surface area contributed by atoms with E-state index in [-0.39, 0.29) is 11.5 Å². The molecule has 1 aliphatic heterocycles. The Morgan fingerprint density at radius 1 is 1.22 bits per heavy atom. The predicted molar refractivity (Wildman–Crippen MR) is 88.1 cm³/mol. The van der Waals surface area contributed by atoms with E-state index in [0.717, 1.165) is 11.6 Å². The largest absolute Gasteiger partial charge is 0.352 e. The van der Waals surface area contributed by atoms with Gasteiger partial charge in [0.2, 0.25) is 10.0 Å². The minimum Gasteiger partial charge on any atom is -0.352 e. The van der Waals surface area contributed by atoms with E-state index in [1.165, 1.54) is 10.6 Å². The van der Waals surface area contributed by atoms with Gasteiger partial charge in [-0.3, -0.25) is 0 Å². The van der Waals surface area contributed by atoms with Gasteiger partial charge in [0.25, 0.3) is 0 Å². The molecular weight excluding hydrogens is 316 g/mol. The second kappa shape index (κ2) is 5.13. The van der Waals surface area contributed by atoms with Crippen molar-refractivity contribution >= 4 is 21.5 Å². The van der Waals surface area contributed by atoms with Crippen LogP contribution in [0.3, 0.4) is 0 Å². The molecule has 0 aliphatic carbocycles. The number of rotatable bonds is 3.